The van der Waals surface area contributed by atoms with E-state index in [1.807, 2.05) is 19.0 Å². The summed E-state index contributed by atoms with van der Waals surface area (Å²) in [6, 6.07) is 0. The SMILES string of the molecule is C=C(C(COC(=O)CCCCCCC/C=C\CCCCCCCC)OC(=O)CCCCCCC/C=C\CCCCCCCC)N(C)C. The van der Waals surface area contributed by atoms with E-state index in [-0.39, 0.29) is 18.5 Å². The number of carbonyl (C=O) groups excluding carboxylic acids is 2. The molecule has 0 bridgehead atoms. The van der Waals surface area contributed by atoms with E-state index in [0.717, 1.165) is 51.4 Å². The highest BCUT2D eigenvalue weighted by atomic mass is 16.6. The van der Waals surface area contributed by atoms with Gasteiger partial charge in [0.2, 0.25) is 0 Å². The monoisotopic (exact) mass is 660 g/mol. The van der Waals surface area contributed by atoms with Gasteiger partial charge in [-0.25, -0.2) is 0 Å². The standard InChI is InChI=1S/C42H77NO4/c1-6-8-10-12-14-16-18-20-22-24-26-28-30-32-34-36-41(44)46-38-40(39(3)43(4)5)47-42(45)37-35-33-31-29-27-25-23-21-19-17-15-13-11-9-7-2/h20-23,40H,3,6-19,24-38H2,1-2,4-5H3/b22-20-,23-21-. The van der Waals surface area contributed by atoms with Crippen LogP contribution in [0.15, 0.2) is 36.6 Å². The lowest BCUT2D eigenvalue weighted by molar-refractivity contribution is -0.157. The summed E-state index contributed by atoms with van der Waals surface area (Å²) in [7, 11) is 3.72. The van der Waals surface area contributed by atoms with Crippen molar-refractivity contribution in [3.63, 3.8) is 0 Å². The summed E-state index contributed by atoms with van der Waals surface area (Å²) in [6.45, 7) is 8.61. The highest BCUT2D eigenvalue weighted by Gasteiger charge is 2.21. The molecule has 274 valence electrons. The van der Waals surface area contributed by atoms with Gasteiger partial charge >= 0.3 is 11.9 Å². The van der Waals surface area contributed by atoms with Gasteiger partial charge in [0.25, 0.3) is 0 Å². The summed E-state index contributed by atoms with van der Waals surface area (Å²) in [5.74, 6) is -0.476. The number of likely N-dealkylation sites (N-methyl/N-ethyl adjacent to an activating group) is 1. The van der Waals surface area contributed by atoms with Crippen LogP contribution in [-0.2, 0) is 19.1 Å². The molecule has 0 aromatic heterocycles. The minimum absolute atomic E-state index is 0.0268. The van der Waals surface area contributed by atoms with E-state index in [1.165, 1.54) is 116 Å². The zero-order chi connectivity index (χ0) is 34.6. The predicted octanol–water partition coefficient (Wildman–Crippen LogP) is 12.6. The summed E-state index contributed by atoms with van der Waals surface area (Å²) in [6.07, 6.45) is 41.4. The van der Waals surface area contributed by atoms with Crippen molar-refractivity contribution < 1.29 is 19.1 Å². The van der Waals surface area contributed by atoms with Crippen molar-refractivity contribution in [2.45, 2.75) is 200 Å². The average Bonchev–Trinajstić information content (AvgIpc) is 3.06. The van der Waals surface area contributed by atoms with Crippen LogP contribution in [0.5, 0.6) is 0 Å². The summed E-state index contributed by atoms with van der Waals surface area (Å²) in [4.78, 5) is 26.7. The smallest absolute Gasteiger partial charge is 0.306 e. The number of allylic oxidation sites excluding steroid dienone is 4. The first-order valence-corrected chi connectivity index (χ1v) is 19.9. The molecule has 0 heterocycles. The molecule has 0 rings (SSSR count). The van der Waals surface area contributed by atoms with Gasteiger partial charge in [-0.1, -0.05) is 147 Å². The zero-order valence-electron chi connectivity index (χ0n) is 31.7. The van der Waals surface area contributed by atoms with E-state index in [0.29, 0.717) is 18.5 Å². The highest BCUT2D eigenvalue weighted by molar-refractivity contribution is 5.70. The second-order valence-corrected chi connectivity index (χ2v) is 13.7. The van der Waals surface area contributed by atoms with Gasteiger partial charge in [0.15, 0.2) is 6.10 Å². The molecule has 0 spiro atoms. The molecule has 1 atom stereocenters. The Morgan fingerprint density at radius 3 is 1.26 bits per heavy atom. The minimum atomic E-state index is -0.640. The van der Waals surface area contributed by atoms with Gasteiger partial charge in [-0.2, -0.15) is 0 Å². The average molecular weight is 660 g/mol. The first kappa shape index (κ1) is 45.0. The lowest BCUT2D eigenvalue weighted by atomic mass is 10.1. The molecule has 0 saturated carbocycles. The molecule has 0 amide bonds. The van der Waals surface area contributed by atoms with Gasteiger partial charge < -0.3 is 14.4 Å². The third-order valence-corrected chi connectivity index (χ3v) is 8.90. The van der Waals surface area contributed by atoms with Gasteiger partial charge in [0.1, 0.15) is 6.61 Å². The predicted molar refractivity (Wildman–Crippen MR) is 203 cm³/mol. The van der Waals surface area contributed by atoms with Crippen LogP contribution < -0.4 is 0 Å². The molecule has 5 heteroatoms. The van der Waals surface area contributed by atoms with E-state index in [4.69, 9.17) is 9.47 Å². The number of unbranched alkanes of at least 4 members (excludes halogenated alkanes) is 22. The lowest BCUT2D eigenvalue weighted by Crippen LogP contribution is -2.32. The molecule has 47 heavy (non-hydrogen) atoms. The van der Waals surface area contributed by atoms with Crippen LogP contribution in [0.4, 0.5) is 0 Å². The highest BCUT2D eigenvalue weighted by Crippen LogP contribution is 2.15. The van der Waals surface area contributed by atoms with Crippen molar-refractivity contribution in [2.75, 3.05) is 20.7 Å². The molecule has 0 saturated heterocycles. The first-order chi connectivity index (χ1) is 22.9. The van der Waals surface area contributed by atoms with Crippen LogP contribution in [0.3, 0.4) is 0 Å². The largest absolute Gasteiger partial charge is 0.461 e. The number of rotatable bonds is 35. The Morgan fingerprint density at radius 1 is 0.532 bits per heavy atom. The molecule has 0 aromatic carbocycles. The van der Waals surface area contributed by atoms with Gasteiger partial charge in [0, 0.05) is 26.9 Å². The summed E-state index contributed by atoms with van der Waals surface area (Å²) in [5.41, 5.74) is 0.636. The quantitative estimate of drug-likeness (QED) is 0.0385. The molecule has 1 unspecified atom stereocenters. The topological polar surface area (TPSA) is 55.8 Å². The van der Waals surface area contributed by atoms with Crippen LogP contribution in [0.1, 0.15) is 194 Å². The molecular formula is C42H77NO4. The molecule has 5 nitrogen and oxygen atoms in total. The molecular weight excluding hydrogens is 582 g/mol. The van der Waals surface area contributed by atoms with E-state index in [1.54, 1.807) is 0 Å². The van der Waals surface area contributed by atoms with Crippen LogP contribution in [-0.4, -0.2) is 43.6 Å². The number of ether oxygens (including phenoxy) is 2. The van der Waals surface area contributed by atoms with Crippen LogP contribution in [0.2, 0.25) is 0 Å². The summed E-state index contributed by atoms with van der Waals surface area (Å²) < 4.78 is 11.2. The summed E-state index contributed by atoms with van der Waals surface area (Å²) in [5, 5.41) is 0. The Balaban J connectivity index is 3.91. The maximum atomic E-state index is 12.6. The molecule has 0 aliphatic rings. The number of carbonyl (C=O) groups is 2. The van der Waals surface area contributed by atoms with Crippen molar-refractivity contribution >= 4 is 11.9 Å². The van der Waals surface area contributed by atoms with Crippen LogP contribution >= 0.6 is 0 Å². The van der Waals surface area contributed by atoms with Crippen molar-refractivity contribution in [1.29, 1.82) is 0 Å². The van der Waals surface area contributed by atoms with Crippen molar-refractivity contribution in [3.8, 4) is 0 Å². The zero-order valence-corrected chi connectivity index (χ0v) is 31.7. The molecule has 0 aliphatic heterocycles. The van der Waals surface area contributed by atoms with Gasteiger partial charge in [-0.15, -0.1) is 0 Å². The number of hydrogen-bond donors (Lipinski definition) is 0. The summed E-state index contributed by atoms with van der Waals surface area (Å²) >= 11 is 0. The Morgan fingerprint density at radius 2 is 0.872 bits per heavy atom. The lowest BCUT2D eigenvalue weighted by Gasteiger charge is -2.25. The Hall–Kier alpha value is -2.04. The fourth-order valence-corrected chi connectivity index (χ4v) is 5.62. The Kier molecular flexibility index (Phi) is 33.7. The molecule has 0 aromatic rings. The Labute approximate surface area is 292 Å². The van der Waals surface area contributed by atoms with Crippen LogP contribution in [0, 0.1) is 0 Å². The maximum Gasteiger partial charge on any atom is 0.306 e. The molecule has 0 aliphatic carbocycles. The molecule has 0 fully saturated rings. The van der Waals surface area contributed by atoms with E-state index in [2.05, 4.69) is 44.7 Å². The number of nitrogens with zero attached hydrogens (tertiary/aromatic N) is 1. The third-order valence-electron chi connectivity index (χ3n) is 8.90. The van der Waals surface area contributed by atoms with E-state index >= 15 is 0 Å². The number of hydrogen-bond acceptors (Lipinski definition) is 5. The van der Waals surface area contributed by atoms with E-state index < -0.39 is 6.10 Å². The second-order valence-electron chi connectivity index (χ2n) is 13.7. The third kappa shape index (κ3) is 32.3. The van der Waals surface area contributed by atoms with Crippen LogP contribution in [0.25, 0.3) is 0 Å². The Bertz CT molecular complexity index is 787. The maximum absolute atomic E-state index is 12.6. The van der Waals surface area contributed by atoms with Crippen molar-refractivity contribution in [3.05, 3.63) is 36.6 Å². The minimum Gasteiger partial charge on any atom is -0.461 e. The van der Waals surface area contributed by atoms with Gasteiger partial charge in [0.05, 0.1) is 5.70 Å². The van der Waals surface area contributed by atoms with Crippen molar-refractivity contribution in [2.24, 2.45) is 0 Å². The first-order valence-electron chi connectivity index (χ1n) is 19.9. The normalized spacial score (nSPS) is 12.2. The van der Waals surface area contributed by atoms with Gasteiger partial charge in [-0.3, -0.25) is 9.59 Å². The number of esters is 2. The van der Waals surface area contributed by atoms with Crippen molar-refractivity contribution in [1.82, 2.24) is 4.90 Å². The molecule has 0 N–H and O–H groups in total. The molecule has 0 radical (unpaired) electrons. The fraction of sp³-hybridized carbons (Fsp3) is 0.810. The second kappa shape index (κ2) is 35.3. The van der Waals surface area contributed by atoms with Gasteiger partial charge in [-0.05, 0) is 64.2 Å². The fourth-order valence-electron chi connectivity index (χ4n) is 5.62. The van der Waals surface area contributed by atoms with E-state index in [9.17, 15) is 9.59 Å².